The number of ether oxygens (including phenoxy) is 2. The number of aryl methyl sites for hydroxylation is 1. The molecule has 3 aromatic heterocycles. The SMILES string of the molecule is COc1ccc(OCc2nc3c4c(C)c(C)n(C5CCCCC5)c4ncn3n2)cc1. The number of hydrogen-bond donors (Lipinski definition) is 0. The van der Waals surface area contributed by atoms with E-state index in [1.807, 2.05) is 24.3 Å². The summed E-state index contributed by atoms with van der Waals surface area (Å²) in [6.07, 6.45) is 8.16. The molecule has 0 N–H and O–H groups in total. The lowest BCUT2D eigenvalue weighted by molar-refractivity contribution is 0.295. The van der Waals surface area contributed by atoms with Gasteiger partial charge in [0.1, 0.15) is 30.1 Å². The van der Waals surface area contributed by atoms with Gasteiger partial charge in [-0.1, -0.05) is 19.3 Å². The van der Waals surface area contributed by atoms with Crippen LogP contribution in [-0.2, 0) is 6.61 Å². The summed E-state index contributed by atoms with van der Waals surface area (Å²) in [5, 5.41) is 5.69. The molecule has 0 amide bonds. The Labute approximate surface area is 175 Å². The molecule has 30 heavy (non-hydrogen) atoms. The van der Waals surface area contributed by atoms with Crippen molar-refractivity contribution in [2.45, 2.75) is 58.6 Å². The summed E-state index contributed by atoms with van der Waals surface area (Å²) in [7, 11) is 1.65. The van der Waals surface area contributed by atoms with Gasteiger partial charge in [0.2, 0.25) is 0 Å². The number of nitrogens with zero attached hydrogens (tertiary/aromatic N) is 5. The van der Waals surface area contributed by atoms with Crippen LogP contribution >= 0.6 is 0 Å². The van der Waals surface area contributed by atoms with Crippen molar-refractivity contribution in [3.8, 4) is 11.5 Å². The Morgan fingerprint density at radius 2 is 1.73 bits per heavy atom. The Bertz CT molecular complexity index is 1190. The van der Waals surface area contributed by atoms with Crippen molar-refractivity contribution in [3.63, 3.8) is 0 Å². The highest BCUT2D eigenvalue weighted by molar-refractivity contribution is 5.94. The molecule has 3 heterocycles. The second-order valence-corrected chi connectivity index (χ2v) is 8.08. The average Bonchev–Trinajstić information content (AvgIpc) is 3.31. The molecule has 0 aliphatic heterocycles. The Morgan fingerprint density at radius 1 is 1.00 bits per heavy atom. The summed E-state index contributed by atoms with van der Waals surface area (Å²) in [5.41, 5.74) is 4.41. The van der Waals surface area contributed by atoms with Crippen molar-refractivity contribution < 1.29 is 9.47 Å². The molecule has 1 saturated carbocycles. The minimum absolute atomic E-state index is 0.302. The minimum atomic E-state index is 0.302. The molecule has 0 unspecified atom stereocenters. The summed E-state index contributed by atoms with van der Waals surface area (Å²) in [6, 6.07) is 8.05. The molecule has 0 radical (unpaired) electrons. The van der Waals surface area contributed by atoms with E-state index in [0.29, 0.717) is 18.5 Å². The molecule has 1 aromatic carbocycles. The fourth-order valence-electron chi connectivity index (χ4n) is 4.60. The summed E-state index contributed by atoms with van der Waals surface area (Å²) in [5.74, 6) is 2.20. The number of rotatable bonds is 5. The molecule has 0 saturated heterocycles. The highest BCUT2D eigenvalue weighted by Crippen LogP contribution is 2.35. The standard InChI is InChI=1S/C23H27N5O2/c1-15-16(2)28(17-7-5-4-6-8-17)22-21(15)23-25-20(26-27(23)14-24-22)13-30-19-11-9-18(29-3)10-12-19/h9-12,14,17H,4-8,13H2,1-3H3. The van der Waals surface area contributed by atoms with Crippen LogP contribution in [0.3, 0.4) is 0 Å². The Morgan fingerprint density at radius 3 is 2.47 bits per heavy atom. The van der Waals surface area contributed by atoms with Gasteiger partial charge in [0.25, 0.3) is 0 Å². The normalized spacial score (nSPS) is 15.2. The zero-order valence-corrected chi connectivity index (χ0v) is 17.8. The Kier molecular flexibility index (Phi) is 4.81. The highest BCUT2D eigenvalue weighted by atomic mass is 16.5. The first-order valence-corrected chi connectivity index (χ1v) is 10.6. The van der Waals surface area contributed by atoms with Gasteiger partial charge in [0, 0.05) is 11.7 Å². The van der Waals surface area contributed by atoms with Crippen LogP contribution in [0.1, 0.15) is 55.2 Å². The van der Waals surface area contributed by atoms with Gasteiger partial charge in [-0.2, -0.15) is 0 Å². The van der Waals surface area contributed by atoms with Crippen LogP contribution in [0.5, 0.6) is 11.5 Å². The van der Waals surface area contributed by atoms with Crippen LogP contribution < -0.4 is 9.47 Å². The molecule has 0 atom stereocenters. The number of methoxy groups -OCH3 is 1. The van der Waals surface area contributed by atoms with Gasteiger partial charge in [-0.05, 0) is 56.5 Å². The van der Waals surface area contributed by atoms with Gasteiger partial charge in [0.15, 0.2) is 11.5 Å². The summed E-state index contributed by atoms with van der Waals surface area (Å²) >= 11 is 0. The monoisotopic (exact) mass is 405 g/mol. The first-order valence-electron chi connectivity index (χ1n) is 10.6. The van der Waals surface area contributed by atoms with Crippen LogP contribution in [0.25, 0.3) is 16.7 Å². The third-order valence-electron chi connectivity index (χ3n) is 6.29. The number of benzene rings is 1. The van der Waals surface area contributed by atoms with E-state index in [2.05, 4.69) is 23.5 Å². The molecule has 1 fully saturated rings. The molecule has 1 aliphatic carbocycles. The van der Waals surface area contributed by atoms with Crippen LogP contribution in [0.15, 0.2) is 30.6 Å². The second kappa shape index (κ2) is 7.63. The smallest absolute Gasteiger partial charge is 0.189 e. The lowest BCUT2D eigenvalue weighted by Crippen LogP contribution is -2.14. The van der Waals surface area contributed by atoms with E-state index in [1.54, 1.807) is 18.0 Å². The number of aromatic nitrogens is 5. The second-order valence-electron chi connectivity index (χ2n) is 8.08. The minimum Gasteiger partial charge on any atom is -0.497 e. The molecule has 4 aromatic rings. The summed E-state index contributed by atoms with van der Waals surface area (Å²) < 4.78 is 15.3. The van der Waals surface area contributed by atoms with Gasteiger partial charge in [-0.25, -0.2) is 14.5 Å². The molecular formula is C23H27N5O2. The fraction of sp³-hybridized carbons (Fsp3) is 0.435. The fourth-order valence-corrected chi connectivity index (χ4v) is 4.60. The van der Waals surface area contributed by atoms with E-state index >= 15 is 0 Å². The molecule has 7 nitrogen and oxygen atoms in total. The van der Waals surface area contributed by atoms with Gasteiger partial charge >= 0.3 is 0 Å². The third-order valence-corrected chi connectivity index (χ3v) is 6.29. The lowest BCUT2D eigenvalue weighted by atomic mass is 9.95. The predicted molar refractivity (Wildman–Crippen MR) is 115 cm³/mol. The lowest BCUT2D eigenvalue weighted by Gasteiger charge is -2.25. The molecule has 156 valence electrons. The van der Waals surface area contributed by atoms with Gasteiger partial charge in [-0.3, -0.25) is 0 Å². The summed E-state index contributed by atoms with van der Waals surface area (Å²) in [4.78, 5) is 9.58. The quantitative estimate of drug-likeness (QED) is 0.478. The maximum atomic E-state index is 5.87. The summed E-state index contributed by atoms with van der Waals surface area (Å²) in [6.45, 7) is 4.67. The topological polar surface area (TPSA) is 66.5 Å². The van der Waals surface area contributed by atoms with E-state index < -0.39 is 0 Å². The van der Waals surface area contributed by atoms with E-state index in [1.165, 1.54) is 43.4 Å². The molecule has 0 spiro atoms. The van der Waals surface area contributed by atoms with Crippen molar-refractivity contribution in [3.05, 3.63) is 47.7 Å². The van der Waals surface area contributed by atoms with E-state index in [0.717, 1.165) is 28.2 Å². The predicted octanol–water partition coefficient (Wildman–Crippen LogP) is 4.79. The first-order chi connectivity index (χ1) is 14.7. The van der Waals surface area contributed by atoms with E-state index in [4.69, 9.17) is 19.4 Å². The van der Waals surface area contributed by atoms with Crippen molar-refractivity contribution in [1.29, 1.82) is 0 Å². The van der Waals surface area contributed by atoms with Crippen LogP contribution in [-0.4, -0.2) is 31.3 Å². The van der Waals surface area contributed by atoms with Crippen LogP contribution in [0, 0.1) is 13.8 Å². The largest absolute Gasteiger partial charge is 0.497 e. The van der Waals surface area contributed by atoms with E-state index in [9.17, 15) is 0 Å². The van der Waals surface area contributed by atoms with Crippen molar-refractivity contribution >= 4 is 16.7 Å². The molecule has 0 bridgehead atoms. The zero-order valence-electron chi connectivity index (χ0n) is 17.8. The number of fused-ring (bicyclic) bond motifs is 3. The molecular weight excluding hydrogens is 378 g/mol. The van der Waals surface area contributed by atoms with Crippen molar-refractivity contribution in [2.75, 3.05) is 7.11 Å². The maximum absolute atomic E-state index is 5.87. The van der Waals surface area contributed by atoms with E-state index in [-0.39, 0.29) is 0 Å². The van der Waals surface area contributed by atoms with Crippen LogP contribution in [0.4, 0.5) is 0 Å². The molecule has 1 aliphatic rings. The van der Waals surface area contributed by atoms with Gasteiger partial charge in [-0.15, -0.1) is 5.10 Å². The Hall–Kier alpha value is -3.09. The van der Waals surface area contributed by atoms with Crippen LogP contribution in [0.2, 0.25) is 0 Å². The van der Waals surface area contributed by atoms with Gasteiger partial charge in [0.05, 0.1) is 12.5 Å². The third kappa shape index (κ3) is 3.18. The first kappa shape index (κ1) is 18.9. The maximum Gasteiger partial charge on any atom is 0.189 e. The number of hydrogen-bond acceptors (Lipinski definition) is 5. The molecule has 7 heteroatoms. The zero-order chi connectivity index (χ0) is 20.7. The van der Waals surface area contributed by atoms with Crippen molar-refractivity contribution in [1.82, 2.24) is 24.1 Å². The Balaban J connectivity index is 1.48. The average molecular weight is 406 g/mol. The highest BCUT2D eigenvalue weighted by Gasteiger charge is 2.24. The van der Waals surface area contributed by atoms with Gasteiger partial charge < -0.3 is 14.0 Å². The molecule has 5 rings (SSSR count). The van der Waals surface area contributed by atoms with Crippen molar-refractivity contribution in [2.24, 2.45) is 0 Å².